The molecule has 0 bridgehead atoms. The van der Waals surface area contributed by atoms with E-state index in [2.05, 4.69) is 17.2 Å². The van der Waals surface area contributed by atoms with Gasteiger partial charge in [0.15, 0.2) is 0 Å². The van der Waals surface area contributed by atoms with Crippen molar-refractivity contribution in [1.29, 1.82) is 0 Å². The van der Waals surface area contributed by atoms with Crippen LogP contribution in [0.25, 0.3) is 0 Å². The number of hydrogen-bond donors (Lipinski definition) is 1. The number of hydrogen-bond acceptors (Lipinski definition) is 3. The van der Waals surface area contributed by atoms with E-state index in [1.165, 1.54) is 12.8 Å². The summed E-state index contributed by atoms with van der Waals surface area (Å²) in [6, 6.07) is 3.77. The summed E-state index contributed by atoms with van der Waals surface area (Å²) in [4.78, 5) is 18.0. The second-order valence-corrected chi connectivity index (χ2v) is 5.43. The highest BCUT2D eigenvalue weighted by Gasteiger charge is 2.23. The Morgan fingerprint density at radius 3 is 2.89 bits per heavy atom. The molecule has 0 saturated carbocycles. The van der Waals surface area contributed by atoms with Crippen molar-refractivity contribution in [2.24, 2.45) is 11.8 Å². The molecule has 19 heavy (non-hydrogen) atoms. The maximum Gasteiger partial charge on any atom is 0.227 e. The third-order valence-electron chi connectivity index (χ3n) is 4.09. The van der Waals surface area contributed by atoms with Crippen molar-refractivity contribution >= 4 is 11.6 Å². The molecule has 4 heteroatoms. The standard InChI is InChI=1S/C15H23N3O/c1-12(13-5-8-16-9-6-13)10-15(19)18(2)14-4-3-7-17-11-14/h3-4,7,11-13,16H,5-6,8-10H2,1-2H3. The van der Waals surface area contributed by atoms with Crippen molar-refractivity contribution in [3.05, 3.63) is 24.5 Å². The fourth-order valence-electron chi connectivity index (χ4n) is 2.69. The van der Waals surface area contributed by atoms with E-state index >= 15 is 0 Å². The van der Waals surface area contributed by atoms with Gasteiger partial charge >= 0.3 is 0 Å². The molecule has 104 valence electrons. The number of amides is 1. The summed E-state index contributed by atoms with van der Waals surface area (Å²) in [5.41, 5.74) is 0.866. The first-order valence-electron chi connectivity index (χ1n) is 7.06. The van der Waals surface area contributed by atoms with Crippen molar-refractivity contribution in [3.8, 4) is 0 Å². The van der Waals surface area contributed by atoms with E-state index in [-0.39, 0.29) is 5.91 Å². The molecule has 4 nitrogen and oxygen atoms in total. The summed E-state index contributed by atoms with van der Waals surface area (Å²) < 4.78 is 0. The average molecular weight is 261 g/mol. The summed E-state index contributed by atoms with van der Waals surface area (Å²) in [6.45, 7) is 4.37. The smallest absolute Gasteiger partial charge is 0.227 e. The topological polar surface area (TPSA) is 45.2 Å². The van der Waals surface area contributed by atoms with Crippen LogP contribution in [0.1, 0.15) is 26.2 Å². The molecule has 1 aliphatic heterocycles. The van der Waals surface area contributed by atoms with Crippen LogP contribution in [0.5, 0.6) is 0 Å². The quantitative estimate of drug-likeness (QED) is 0.902. The number of pyridine rings is 1. The summed E-state index contributed by atoms with van der Waals surface area (Å²) in [5, 5.41) is 3.37. The molecule has 1 aliphatic rings. The first-order chi connectivity index (χ1) is 9.18. The zero-order valence-electron chi connectivity index (χ0n) is 11.8. The number of nitrogens with one attached hydrogen (secondary N) is 1. The number of anilines is 1. The molecule has 1 fully saturated rings. The Balaban J connectivity index is 1.89. The molecule has 1 amide bonds. The van der Waals surface area contributed by atoms with Crippen LogP contribution < -0.4 is 10.2 Å². The van der Waals surface area contributed by atoms with E-state index in [0.717, 1.165) is 18.8 Å². The molecule has 1 unspecified atom stereocenters. The summed E-state index contributed by atoms with van der Waals surface area (Å²) in [6.07, 6.45) is 6.44. The van der Waals surface area contributed by atoms with Crippen molar-refractivity contribution in [3.63, 3.8) is 0 Å². The third kappa shape index (κ3) is 3.77. The van der Waals surface area contributed by atoms with Crippen LogP contribution in [-0.4, -0.2) is 31.0 Å². The van der Waals surface area contributed by atoms with Gasteiger partial charge in [0.25, 0.3) is 0 Å². The minimum atomic E-state index is 0.180. The predicted octanol–water partition coefficient (Wildman–Crippen LogP) is 2.07. The molecular weight excluding hydrogens is 238 g/mol. The van der Waals surface area contributed by atoms with Crippen LogP contribution in [-0.2, 0) is 4.79 Å². The van der Waals surface area contributed by atoms with Crippen LogP contribution in [0.3, 0.4) is 0 Å². The first-order valence-corrected chi connectivity index (χ1v) is 7.06. The Morgan fingerprint density at radius 1 is 1.53 bits per heavy atom. The Hall–Kier alpha value is -1.42. The number of nitrogens with zero attached hydrogens (tertiary/aromatic N) is 2. The van der Waals surface area contributed by atoms with Crippen LogP contribution in [0.15, 0.2) is 24.5 Å². The maximum absolute atomic E-state index is 12.3. The van der Waals surface area contributed by atoms with Gasteiger partial charge in [0.2, 0.25) is 5.91 Å². The summed E-state index contributed by atoms with van der Waals surface area (Å²) in [7, 11) is 1.83. The largest absolute Gasteiger partial charge is 0.317 e. The lowest BCUT2D eigenvalue weighted by Gasteiger charge is -2.29. The predicted molar refractivity (Wildman–Crippen MR) is 77.0 cm³/mol. The second kappa shape index (κ2) is 6.66. The SMILES string of the molecule is CC(CC(=O)N(C)c1cccnc1)C1CCNCC1. The molecule has 2 rings (SSSR count). The minimum absolute atomic E-state index is 0.180. The highest BCUT2D eigenvalue weighted by atomic mass is 16.2. The highest BCUT2D eigenvalue weighted by molar-refractivity contribution is 5.92. The molecule has 1 atom stereocenters. The van der Waals surface area contributed by atoms with Gasteiger partial charge in [0.1, 0.15) is 0 Å². The molecule has 0 aromatic carbocycles. The van der Waals surface area contributed by atoms with Gasteiger partial charge in [-0.15, -0.1) is 0 Å². The molecule has 0 spiro atoms. The molecule has 0 radical (unpaired) electrons. The zero-order valence-corrected chi connectivity index (χ0v) is 11.8. The Morgan fingerprint density at radius 2 is 2.26 bits per heavy atom. The van der Waals surface area contributed by atoms with Crippen LogP contribution in [0.4, 0.5) is 5.69 Å². The van der Waals surface area contributed by atoms with E-state index in [0.29, 0.717) is 18.3 Å². The Kier molecular flexibility index (Phi) is 4.91. The fraction of sp³-hybridized carbons (Fsp3) is 0.600. The molecule has 1 aromatic heterocycles. The normalized spacial score (nSPS) is 18.0. The van der Waals surface area contributed by atoms with E-state index in [1.54, 1.807) is 17.3 Å². The summed E-state index contributed by atoms with van der Waals surface area (Å²) >= 11 is 0. The third-order valence-corrected chi connectivity index (χ3v) is 4.09. The molecule has 1 N–H and O–H groups in total. The van der Waals surface area contributed by atoms with Crippen LogP contribution >= 0.6 is 0 Å². The van der Waals surface area contributed by atoms with Gasteiger partial charge < -0.3 is 10.2 Å². The van der Waals surface area contributed by atoms with Crippen LogP contribution in [0.2, 0.25) is 0 Å². The Labute approximate surface area is 115 Å². The lowest BCUT2D eigenvalue weighted by Crippen LogP contribution is -2.34. The van der Waals surface area contributed by atoms with E-state index in [1.807, 2.05) is 19.2 Å². The average Bonchev–Trinajstić information content (AvgIpc) is 2.48. The number of carbonyl (C=O) groups excluding carboxylic acids is 1. The fourth-order valence-corrected chi connectivity index (χ4v) is 2.69. The molecule has 1 saturated heterocycles. The van der Waals surface area contributed by atoms with Crippen molar-refractivity contribution in [1.82, 2.24) is 10.3 Å². The first kappa shape index (κ1) is 14.0. The lowest BCUT2D eigenvalue weighted by molar-refractivity contribution is -0.119. The van der Waals surface area contributed by atoms with Gasteiger partial charge in [0, 0.05) is 19.7 Å². The number of piperidine rings is 1. The van der Waals surface area contributed by atoms with Crippen molar-refractivity contribution in [2.75, 3.05) is 25.0 Å². The van der Waals surface area contributed by atoms with Gasteiger partial charge in [-0.1, -0.05) is 6.92 Å². The highest BCUT2D eigenvalue weighted by Crippen LogP contribution is 2.25. The van der Waals surface area contributed by atoms with E-state index in [9.17, 15) is 4.79 Å². The van der Waals surface area contributed by atoms with E-state index in [4.69, 9.17) is 0 Å². The maximum atomic E-state index is 12.3. The van der Waals surface area contributed by atoms with Gasteiger partial charge in [-0.3, -0.25) is 9.78 Å². The summed E-state index contributed by atoms with van der Waals surface area (Å²) in [5.74, 6) is 1.31. The van der Waals surface area contributed by atoms with Gasteiger partial charge in [0.05, 0.1) is 11.9 Å². The van der Waals surface area contributed by atoms with Crippen molar-refractivity contribution in [2.45, 2.75) is 26.2 Å². The van der Waals surface area contributed by atoms with Gasteiger partial charge in [-0.2, -0.15) is 0 Å². The Bertz CT molecular complexity index is 401. The van der Waals surface area contributed by atoms with Crippen molar-refractivity contribution < 1.29 is 4.79 Å². The minimum Gasteiger partial charge on any atom is -0.317 e. The molecular formula is C15H23N3O. The van der Waals surface area contributed by atoms with Gasteiger partial charge in [-0.05, 0) is 49.9 Å². The zero-order chi connectivity index (χ0) is 13.7. The lowest BCUT2D eigenvalue weighted by atomic mass is 9.84. The van der Waals surface area contributed by atoms with Gasteiger partial charge in [-0.25, -0.2) is 0 Å². The number of aromatic nitrogens is 1. The molecule has 1 aromatic rings. The molecule has 0 aliphatic carbocycles. The molecule has 2 heterocycles. The number of carbonyl (C=O) groups is 1. The second-order valence-electron chi connectivity index (χ2n) is 5.43. The monoisotopic (exact) mass is 261 g/mol. The van der Waals surface area contributed by atoms with Crippen LogP contribution in [0, 0.1) is 11.8 Å². The van der Waals surface area contributed by atoms with E-state index < -0.39 is 0 Å². The number of rotatable bonds is 4.